The lowest BCUT2D eigenvalue weighted by Crippen LogP contribution is -2.21. The molecule has 1 fully saturated rings. The Bertz CT molecular complexity index is 1170. The van der Waals surface area contributed by atoms with Crippen molar-refractivity contribution in [1.29, 1.82) is 0 Å². The van der Waals surface area contributed by atoms with E-state index in [9.17, 15) is 23.1 Å². The minimum absolute atomic E-state index is 0.104. The number of carbonyl (C=O) groups excluding carboxylic acids is 1. The highest BCUT2D eigenvalue weighted by molar-refractivity contribution is 7.18. The minimum Gasteiger partial charge on any atom is -0.386 e. The van der Waals surface area contributed by atoms with Crippen molar-refractivity contribution in [1.82, 2.24) is 4.98 Å². The van der Waals surface area contributed by atoms with E-state index in [0.717, 1.165) is 46.1 Å². The van der Waals surface area contributed by atoms with Crippen LogP contribution in [0.4, 0.5) is 18.9 Å². The Labute approximate surface area is 194 Å². The molecular formula is C25H27F3N2O2S. The van der Waals surface area contributed by atoms with Gasteiger partial charge in [-0.2, -0.15) is 13.2 Å². The van der Waals surface area contributed by atoms with Gasteiger partial charge in [0.15, 0.2) is 0 Å². The molecule has 0 spiro atoms. The number of halogens is 3. The minimum atomic E-state index is -4.54. The third-order valence-corrected chi connectivity index (χ3v) is 7.45. The molecule has 3 aromatic rings. The summed E-state index contributed by atoms with van der Waals surface area (Å²) < 4.78 is 40.1. The predicted molar refractivity (Wildman–Crippen MR) is 125 cm³/mol. The molecule has 0 bridgehead atoms. The number of carbonyl (C=O) groups is 1. The summed E-state index contributed by atoms with van der Waals surface area (Å²) in [4.78, 5) is 17.6. The molecule has 4 nitrogen and oxygen atoms in total. The number of aliphatic hydroxyl groups is 1. The average molecular weight is 477 g/mol. The maximum Gasteiger partial charge on any atom is 0.416 e. The van der Waals surface area contributed by atoms with E-state index in [2.05, 4.69) is 12.2 Å². The molecule has 8 heteroatoms. The Morgan fingerprint density at radius 1 is 1.12 bits per heavy atom. The van der Waals surface area contributed by atoms with Crippen LogP contribution in [0.1, 0.15) is 78.9 Å². The van der Waals surface area contributed by atoms with E-state index in [0.29, 0.717) is 17.2 Å². The first kappa shape index (κ1) is 23.7. The number of rotatable bonds is 4. The Kier molecular flexibility index (Phi) is 6.26. The molecule has 0 radical (unpaired) electrons. The normalized spacial score (nSPS) is 19.6. The molecule has 176 valence electrons. The SMILES string of the molecule is CC1CCC(c2nc3cc(C(C)(C)O)c(NC(=O)c4cccc(C(F)(F)F)c4)cc3s2)CC1. The fourth-order valence-electron chi connectivity index (χ4n) is 4.31. The van der Waals surface area contributed by atoms with Crippen LogP contribution in [-0.4, -0.2) is 16.0 Å². The lowest BCUT2D eigenvalue weighted by Gasteiger charge is -2.24. The second kappa shape index (κ2) is 8.72. The summed E-state index contributed by atoms with van der Waals surface area (Å²) in [7, 11) is 0. The first-order valence-electron chi connectivity index (χ1n) is 11.1. The second-order valence-corrected chi connectivity index (χ2v) is 10.5. The summed E-state index contributed by atoms with van der Waals surface area (Å²) in [6.45, 7) is 5.47. The highest BCUT2D eigenvalue weighted by Crippen LogP contribution is 2.41. The van der Waals surface area contributed by atoms with Gasteiger partial charge in [0.2, 0.25) is 0 Å². The summed E-state index contributed by atoms with van der Waals surface area (Å²) in [5.74, 6) is 0.472. The van der Waals surface area contributed by atoms with Crippen LogP contribution >= 0.6 is 11.3 Å². The van der Waals surface area contributed by atoms with E-state index in [1.807, 2.05) is 0 Å². The number of amides is 1. The largest absolute Gasteiger partial charge is 0.416 e. The van der Waals surface area contributed by atoms with Crippen molar-refractivity contribution in [2.75, 3.05) is 5.32 Å². The Morgan fingerprint density at radius 3 is 2.45 bits per heavy atom. The molecule has 2 N–H and O–H groups in total. The predicted octanol–water partition coefficient (Wildman–Crippen LogP) is 7.09. The topological polar surface area (TPSA) is 62.2 Å². The summed E-state index contributed by atoms with van der Waals surface area (Å²) in [6.07, 6.45) is 0.00196. The fourth-order valence-corrected chi connectivity index (χ4v) is 5.47. The monoisotopic (exact) mass is 476 g/mol. The molecular weight excluding hydrogens is 449 g/mol. The van der Waals surface area contributed by atoms with E-state index >= 15 is 0 Å². The Hall–Kier alpha value is -2.45. The van der Waals surface area contributed by atoms with E-state index in [-0.39, 0.29) is 5.56 Å². The van der Waals surface area contributed by atoms with Gasteiger partial charge in [-0.05, 0) is 62.9 Å². The molecule has 1 amide bonds. The van der Waals surface area contributed by atoms with Crippen LogP contribution in [-0.2, 0) is 11.8 Å². The van der Waals surface area contributed by atoms with Crippen LogP contribution in [0.3, 0.4) is 0 Å². The second-order valence-electron chi connectivity index (χ2n) is 9.47. The summed E-state index contributed by atoms with van der Waals surface area (Å²) in [5, 5.41) is 14.5. The molecule has 1 aliphatic carbocycles. The van der Waals surface area contributed by atoms with Gasteiger partial charge in [0.25, 0.3) is 5.91 Å². The van der Waals surface area contributed by atoms with Crippen LogP contribution in [0.15, 0.2) is 36.4 Å². The fraction of sp³-hybridized carbons (Fsp3) is 0.440. The number of alkyl halides is 3. The third kappa shape index (κ3) is 5.22. The average Bonchev–Trinajstić information content (AvgIpc) is 3.15. The van der Waals surface area contributed by atoms with Crippen molar-refractivity contribution in [3.8, 4) is 0 Å². The van der Waals surface area contributed by atoms with Crippen molar-refractivity contribution < 1.29 is 23.1 Å². The zero-order chi connectivity index (χ0) is 24.0. The summed E-state index contributed by atoms with van der Waals surface area (Å²) >= 11 is 1.57. The number of anilines is 1. The van der Waals surface area contributed by atoms with Crippen LogP contribution in [0.25, 0.3) is 10.2 Å². The van der Waals surface area contributed by atoms with Gasteiger partial charge in [-0.3, -0.25) is 4.79 Å². The van der Waals surface area contributed by atoms with Crippen LogP contribution in [0, 0.1) is 5.92 Å². The van der Waals surface area contributed by atoms with Crippen LogP contribution in [0.2, 0.25) is 0 Å². The van der Waals surface area contributed by atoms with Gasteiger partial charge in [-0.1, -0.05) is 25.8 Å². The van der Waals surface area contributed by atoms with Gasteiger partial charge in [0.05, 0.1) is 26.4 Å². The van der Waals surface area contributed by atoms with Gasteiger partial charge >= 0.3 is 6.18 Å². The van der Waals surface area contributed by atoms with Crippen molar-refractivity contribution in [2.45, 2.75) is 64.1 Å². The standard InChI is InChI=1S/C25H27F3N2O2S/c1-14-7-9-15(10-8-14)23-30-20-12-18(24(2,3)32)19(13-21(20)33-23)29-22(31)16-5-4-6-17(11-16)25(26,27)28/h4-6,11-15,32H,7-10H2,1-3H3,(H,29,31). The van der Waals surface area contributed by atoms with E-state index < -0.39 is 23.2 Å². The van der Waals surface area contributed by atoms with Gasteiger partial charge in [0, 0.05) is 22.7 Å². The molecule has 0 aliphatic heterocycles. The van der Waals surface area contributed by atoms with Gasteiger partial charge in [-0.15, -0.1) is 11.3 Å². The summed E-state index contributed by atoms with van der Waals surface area (Å²) in [5.41, 5.74) is -0.693. The lowest BCUT2D eigenvalue weighted by molar-refractivity contribution is -0.137. The number of aromatic nitrogens is 1. The maximum atomic E-state index is 13.1. The van der Waals surface area contributed by atoms with Gasteiger partial charge in [-0.25, -0.2) is 4.98 Å². The first-order chi connectivity index (χ1) is 15.4. The number of hydrogen-bond acceptors (Lipinski definition) is 4. The highest BCUT2D eigenvalue weighted by Gasteiger charge is 2.31. The van der Waals surface area contributed by atoms with Gasteiger partial charge in [0.1, 0.15) is 0 Å². The molecule has 2 aromatic carbocycles. The Balaban J connectivity index is 1.68. The zero-order valence-corrected chi connectivity index (χ0v) is 19.6. The van der Waals surface area contributed by atoms with Crippen LogP contribution in [0.5, 0.6) is 0 Å². The Morgan fingerprint density at radius 2 is 1.82 bits per heavy atom. The van der Waals surface area contributed by atoms with Crippen molar-refractivity contribution >= 4 is 33.1 Å². The number of nitrogens with one attached hydrogen (secondary N) is 1. The molecule has 1 saturated carbocycles. The number of hydrogen-bond donors (Lipinski definition) is 2. The number of thiazole rings is 1. The molecule has 0 saturated heterocycles. The quantitative estimate of drug-likeness (QED) is 0.423. The molecule has 0 unspecified atom stereocenters. The molecule has 1 heterocycles. The lowest BCUT2D eigenvalue weighted by atomic mass is 9.83. The first-order valence-corrected chi connectivity index (χ1v) is 11.9. The van der Waals surface area contributed by atoms with Crippen LogP contribution < -0.4 is 5.32 Å². The number of fused-ring (bicyclic) bond motifs is 1. The van der Waals surface area contributed by atoms with Crippen molar-refractivity contribution in [2.24, 2.45) is 5.92 Å². The van der Waals surface area contributed by atoms with Crippen molar-refractivity contribution in [3.05, 3.63) is 58.1 Å². The van der Waals surface area contributed by atoms with E-state index in [1.54, 1.807) is 37.3 Å². The summed E-state index contributed by atoms with van der Waals surface area (Å²) in [6, 6.07) is 7.83. The highest BCUT2D eigenvalue weighted by atomic mass is 32.1. The molecule has 0 atom stereocenters. The molecule has 33 heavy (non-hydrogen) atoms. The molecule has 4 rings (SSSR count). The molecule has 1 aromatic heterocycles. The van der Waals surface area contributed by atoms with E-state index in [4.69, 9.17) is 4.98 Å². The van der Waals surface area contributed by atoms with E-state index in [1.165, 1.54) is 25.0 Å². The smallest absolute Gasteiger partial charge is 0.386 e. The number of benzene rings is 2. The van der Waals surface area contributed by atoms with Crippen molar-refractivity contribution in [3.63, 3.8) is 0 Å². The third-order valence-electron chi connectivity index (χ3n) is 6.27. The maximum absolute atomic E-state index is 13.1. The van der Waals surface area contributed by atoms with Gasteiger partial charge < -0.3 is 10.4 Å². The molecule has 1 aliphatic rings. The number of nitrogens with zero attached hydrogens (tertiary/aromatic N) is 1. The zero-order valence-electron chi connectivity index (χ0n) is 18.8.